The number of aromatic nitrogens is 2. The standard InChI is InChI=1S/C19H17N3O4/c23-18(21-9-8-13(12-21)19(24)25)16-11-15(17-7-4-10-26-17)20-22(16)14-5-2-1-3-6-14/h1-7,10-11,13H,8-9,12H2,(H,24,25)/t13-/m0/s1. The van der Waals surface area contributed by atoms with E-state index in [4.69, 9.17) is 4.42 Å². The second kappa shape index (κ2) is 6.51. The molecule has 1 atom stereocenters. The van der Waals surface area contributed by atoms with Gasteiger partial charge in [-0.25, -0.2) is 4.68 Å². The molecule has 1 aliphatic rings. The largest absolute Gasteiger partial charge is 0.481 e. The van der Waals surface area contributed by atoms with Crippen molar-refractivity contribution in [3.05, 3.63) is 60.5 Å². The molecule has 26 heavy (non-hydrogen) atoms. The van der Waals surface area contributed by atoms with E-state index in [-0.39, 0.29) is 12.5 Å². The summed E-state index contributed by atoms with van der Waals surface area (Å²) in [6, 6.07) is 14.6. The maximum atomic E-state index is 13.0. The normalized spacial score (nSPS) is 16.8. The van der Waals surface area contributed by atoms with Crippen molar-refractivity contribution in [2.45, 2.75) is 6.42 Å². The number of benzene rings is 1. The molecule has 7 nitrogen and oxygen atoms in total. The zero-order chi connectivity index (χ0) is 18.1. The molecule has 1 saturated heterocycles. The number of nitrogens with zero attached hydrogens (tertiary/aromatic N) is 3. The second-order valence-corrected chi connectivity index (χ2v) is 6.21. The van der Waals surface area contributed by atoms with Crippen LogP contribution in [0.3, 0.4) is 0 Å². The van der Waals surface area contributed by atoms with Gasteiger partial charge in [0.05, 0.1) is 17.9 Å². The Morgan fingerprint density at radius 1 is 1.15 bits per heavy atom. The molecule has 1 N–H and O–H groups in total. The molecule has 0 saturated carbocycles. The van der Waals surface area contributed by atoms with E-state index in [9.17, 15) is 14.7 Å². The molecule has 0 aliphatic carbocycles. The van der Waals surface area contributed by atoms with Crippen LogP contribution in [-0.4, -0.2) is 44.8 Å². The van der Waals surface area contributed by atoms with E-state index in [1.54, 1.807) is 34.0 Å². The first-order valence-corrected chi connectivity index (χ1v) is 8.35. The summed E-state index contributed by atoms with van der Waals surface area (Å²) in [5.41, 5.74) is 1.69. The smallest absolute Gasteiger partial charge is 0.308 e. The summed E-state index contributed by atoms with van der Waals surface area (Å²) in [7, 11) is 0. The van der Waals surface area contributed by atoms with Gasteiger partial charge >= 0.3 is 5.97 Å². The van der Waals surface area contributed by atoms with Crippen molar-refractivity contribution < 1.29 is 19.1 Å². The number of aliphatic carboxylic acids is 1. The Morgan fingerprint density at radius 3 is 2.62 bits per heavy atom. The summed E-state index contributed by atoms with van der Waals surface area (Å²) < 4.78 is 6.98. The van der Waals surface area contributed by atoms with Crippen LogP contribution in [0.15, 0.2) is 59.2 Å². The Labute approximate surface area is 149 Å². The van der Waals surface area contributed by atoms with E-state index < -0.39 is 11.9 Å². The third-order valence-corrected chi connectivity index (χ3v) is 4.53. The number of amides is 1. The Kier molecular flexibility index (Phi) is 4.04. The number of hydrogen-bond acceptors (Lipinski definition) is 4. The zero-order valence-electron chi connectivity index (χ0n) is 13.9. The fourth-order valence-corrected chi connectivity index (χ4v) is 3.15. The lowest BCUT2D eigenvalue weighted by Crippen LogP contribution is -2.31. The van der Waals surface area contributed by atoms with Crippen LogP contribution in [-0.2, 0) is 4.79 Å². The van der Waals surface area contributed by atoms with Crippen molar-refractivity contribution in [3.8, 4) is 17.1 Å². The van der Waals surface area contributed by atoms with Crippen LogP contribution in [0.25, 0.3) is 17.1 Å². The topological polar surface area (TPSA) is 88.6 Å². The molecule has 1 aromatic carbocycles. The average Bonchev–Trinajstić information content (AvgIpc) is 3.41. The Bertz CT molecular complexity index is 931. The van der Waals surface area contributed by atoms with Crippen molar-refractivity contribution in [2.75, 3.05) is 13.1 Å². The predicted octanol–water partition coefficient (Wildman–Crippen LogP) is 2.68. The van der Waals surface area contributed by atoms with Crippen molar-refractivity contribution >= 4 is 11.9 Å². The SMILES string of the molecule is O=C(O)[C@H]1CCN(C(=O)c2cc(-c3ccco3)nn2-c2ccccc2)C1. The van der Waals surface area contributed by atoms with Gasteiger partial charge in [0.15, 0.2) is 5.76 Å². The van der Waals surface area contributed by atoms with Crippen LogP contribution >= 0.6 is 0 Å². The van der Waals surface area contributed by atoms with Gasteiger partial charge in [-0.15, -0.1) is 0 Å². The number of furan rings is 1. The minimum absolute atomic E-state index is 0.213. The van der Waals surface area contributed by atoms with Gasteiger partial charge < -0.3 is 14.4 Å². The fourth-order valence-electron chi connectivity index (χ4n) is 3.15. The maximum Gasteiger partial charge on any atom is 0.308 e. The van der Waals surface area contributed by atoms with E-state index in [1.807, 2.05) is 30.3 Å². The van der Waals surface area contributed by atoms with Gasteiger partial charge in [0.25, 0.3) is 5.91 Å². The fraction of sp³-hybridized carbons (Fsp3) is 0.211. The Hall–Kier alpha value is -3.35. The number of carboxylic acids is 1. The number of likely N-dealkylation sites (tertiary alicyclic amines) is 1. The third kappa shape index (κ3) is 2.88. The van der Waals surface area contributed by atoms with Crippen LogP contribution in [0.4, 0.5) is 0 Å². The first-order chi connectivity index (χ1) is 12.6. The molecule has 0 spiro atoms. The third-order valence-electron chi connectivity index (χ3n) is 4.53. The number of para-hydroxylation sites is 1. The number of rotatable bonds is 4. The molecular weight excluding hydrogens is 334 g/mol. The first-order valence-electron chi connectivity index (χ1n) is 8.35. The van der Waals surface area contributed by atoms with E-state index >= 15 is 0 Å². The molecule has 1 amide bonds. The molecule has 7 heteroatoms. The molecule has 3 heterocycles. The highest BCUT2D eigenvalue weighted by molar-refractivity contribution is 5.94. The van der Waals surface area contributed by atoms with Gasteiger partial charge in [0.2, 0.25) is 0 Å². The van der Waals surface area contributed by atoms with Crippen molar-refractivity contribution in [3.63, 3.8) is 0 Å². The van der Waals surface area contributed by atoms with Gasteiger partial charge in [-0.2, -0.15) is 5.10 Å². The summed E-state index contributed by atoms with van der Waals surface area (Å²) in [5, 5.41) is 13.7. The summed E-state index contributed by atoms with van der Waals surface area (Å²) in [6.45, 7) is 0.635. The van der Waals surface area contributed by atoms with Crippen molar-refractivity contribution in [1.82, 2.24) is 14.7 Å². The summed E-state index contributed by atoms with van der Waals surface area (Å²) in [4.78, 5) is 25.8. The Balaban J connectivity index is 1.72. The zero-order valence-corrected chi connectivity index (χ0v) is 13.9. The van der Waals surface area contributed by atoms with Crippen LogP contribution in [0.1, 0.15) is 16.9 Å². The van der Waals surface area contributed by atoms with Crippen molar-refractivity contribution in [1.29, 1.82) is 0 Å². The molecule has 2 aromatic heterocycles. The highest BCUT2D eigenvalue weighted by Crippen LogP contribution is 2.25. The molecule has 0 radical (unpaired) electrons. The molecule has 0 bridgehead atoms. The van der Waals surface area contributed by atoms with Crippen LogP contribution in [0.5, 0.6) is 0 Å². The highest BCUT2D eigenvalue weighted by atomic mass is 16.4. The van der Waals surface area contributed by atoms with Gasteiger partial charge in [-0.3, -0.25) is 9.59 Å². The molecule has 3 aromatic rings. The molecule has 0 unspecified atom stereocenters. The lowest BCUT2D eigenvalue weighted by molar-refractivity contribution is -0.141. The monoisotopic (exact) mass is 351 g/mol. The van der Waals surface area contributed by atoms with Gasteiger partial charge in [0, 0.05) is 19.2 Å². The summed E-state index contributed by atoms with van der Waals surface area (Å²) >= 11 is 0. The lowest BCUT2D eigenvalue weighted by atomic mass is 10.1. The number of hydrogen-bond donors (Lipinski definition) is 1. The number of carboxylic acid groups (broad SMARTS) is 1. The van der Waals surface area contributed by atoms with Crippen LogP contribution in [0, 0.1) is 5.92 Å². The average molecular weight is 351 g/mol. The molecular formula is C19H17N3O4. The van der Waals surface area contributed by atoms with Gasteiger partial charge in [-0.1, -0.05) is 18.2 Å². The van der Waals surface area contributed by atoms with Gasteiger partial charge in [-0.05, 0) is 30.7 Å². The van der Waals surface area contributed by atoms with Crippen LogP contribution in [0.2, 0.25) is 0 Å². The second-order valence-electron chi connectivity index (χ2n) is 6.21. The highest BCUT2D eigenvalue weighted by Gasteiger charge is 2.33. The van der Waals surface area contributed by atoms with Crippen molar-refractivity contribution in [2.24, 2.45) is 5.92 Å². The Morgan fingerprint density at radius 2 is 1.96 bits per heavy atom. The molecule has 4 rings (SSSR count). The van der Waals surface area contributed by atoms with Crippen LogP contribution < -0.4 is 0 Å². The van der Waals surface area contributed by atoms with Gasteiger partial charge in [0.1, 0.15) is 11.4 Å². The predicted molar refractivity (Wildman–Crippen MR) is 92.9 cm³/mol. The lowest BCUT2D eigenvalue weighted by Gasteiger charge is -2.16. The van der Waals surface area contributed by atoms with E-state index in [2.05, 4.69) is 5.10 Å². The van der Waals surface area contributed by atoms with E-state index in [1.165, 1.54) is 0 Å². The first kappa shape index (κ1) is 16.1. The molecule has 1 fully saturated rings. The minimum Gasteiger partial charge on any atom is -0.481 e. The number of carbonyl (C=O) groups is 2. The summed E-state index contributed by atoms with van der Waals surface area (Å²) in [6.07, 6.45) is 2.02. The number of carbonyl (C=O) groups excluding carboxylic acids is 1. The maximum absolute atomic E-state index is 13.0. The summed E-state index contributed by atoms with van der Waals surface area (Å²) in [5.74, 6) is -1.05. The molecule has 132 valence electrons. The van der Waals surface area contributed by atoms with E-state index in [0.29, 0.717) is 30.1 Å². The minimum atomic E-state index is -0.867. The van der Waals surface area contributed by atoms with E-state index in [0.717, 1.165) is 5.69 Å². The molecule has 1 aliphatic heterocycles. The quantitative estimate of drug-likeness (QED) is 0.781.